The zero-order valence-corrected chi connectivity index (χ0v) is 16.2. The molecule has 1 aromatic carbocycles. The van der Waals surface area contributed by atoms with Gasteiger partial charge in [0, 0.05) is 19.6 Å². The van der Waals surface area contributed by atoms with Crippen molar-refractivity contribution in [2.45, 2.75) is 11.8 Å². The predicted octanol–water partition coefficient (Wildman–Crippen LogP) is 4.04. The molecule has 0 aliphatic heterocycles. The predicted molar refractivity (Wildman–Crippen MR) is 110 cm³/mol. The summed E-state index contributed by atoms with van der Waals surface area (Å²) in [6, 6.07) is 9.32. The van der Waals surface area contributed by atoms with Crippen molar-refractivity contribution < 1.29 is 11.5 Å². The average molecular weight is 402 g/mol. The molecular formula is C18H19N5O2S2. The highest BCUT2D eigenvalue weighted by Crippen LogP contribution is 2.32. The monoisotopic (exact) mass is 401 g/mol. The van der Waals surface area contributed by atoms with E-state index in [1.54, 1.807) is 18.5 Å². The Morgan fingerprint density at radius 2 is 1.96 bits per heavy atom. The first kappa shape index (κ1) is 17.5. The van der Waals surface area contributed by atoms with E-state index in [-0.39, 0.29) is 14.6 Å². The Balaban J connectivity index is 0.00000150. The second-order valence-corrected chi connectivity index (χ2v) is 8.05. The molecule has 140 valence electrons. The second kappa shape index (κ2) is 7.01. The van der Waals surface area contributed by atoms with Gasteiger partial charge in [0.2, 0.25) is 0 Å². The van der Waals surface area contributed by atoms with Crippen molar-refractivity contribution in [1.82, 2.24) is 20.2 Å². The van der Waals surface area contributed by atoms with Gasteiger partial charge in [-0.15, -0.1) is 21.5 Å². The lowest BCUT2D eigenvalue weighted by atomic mass is 10.1. The van der Waals surface area contributed by atoms with Crippen LogP contribution in [0.3, 0.4) is 0 Å². The van der Waals surface area contributed by atoms with E-state index in [0.717, 1.165) is 16.0 Å². The summed E-state index contributed by atoms with van der Waals surface area (Å²) in [4.78, 5) is 10.3. The summed E-state index contributed by atoms with van der Waals surface area (Å²) >= 11 is 1.52. The third kappa shape index (κ3) is 3.26. The molecule has 0 aliphatic rings. The van der Waals surface area contributed by atoms with Crippen LogP contribution >= 0.6 is 11.3 Å². The molecule has 3 heterocycles. The molecule has 0 amide bonds. The third-order valence-electron chi connectivity index (χ3n) is 3.96. The van der Waals surface area contributed by atoms with Crippen LogP contribution in [0, 0.1) is 6.92 Å². The maximum Gasteiger partial charge on any atom is 0.270 e. The first-order valence-electron chi connectivity index (χ1n) is 7.98. The molecule has 0 aliphatic carbocycles. The molecule has 9 heteroatoms. The van der Waals surface area contributed by atoms with E-state index in [2.05, 4.69) is 20.2 Å². The van der Waals surface area contributed by atoms with Crippen molar-refractivity contribution >= 4 is 28.0 Å². The molecule has 4 aromatic rings. The van der Waals surface area contributed by atoms with Gasteiger partial charge in [-0.25, -0.2) is 9.97 Å². The lowest BCUT2D eigenvalue weighted by Crippen LogP contribution is -2.01. The molecule has 0 bridgehead atoms. The molecule has 1 atom stereocenters. The molecule has 7 nitrogen and oxygen atoms in total. The Hall–Kier alpha value is -2.91. The van der Waals surface area contributed by atoms with Crippen LogP contribution in [0.4, 0.5) is 5.82 Å². The van der Waals surface area contributed by atoms with Crippen molar-refractivity contribution in [2.24, 2.45) is 0 Å². The van der Waals surface area contributed by atoms with E-state index < -0.39 is 10.8 Å². The number of nitrogens with zero attached hydrogens (tertiary/aromatic N) is 4. The number of thiophene rings is 1. The summed E-state index contributed by atoms with van der Waals surface area (Å²) in [5.41, 5.74) is 8.62. The summed E-state index contributed by atoms with van der Waals surface area (Å²) in [6.07, 6.45) is 3.17. The molecular weight excluding hydrogens is 382 g/mol. The van der Waals surface area contributed by atoms with Gasteiger partial charge in [-0.2, -0.15) is 0 Å². The van der Waals surface area contributed by atoms with Gasteiger partial charge in [-0.1, -0.05) is 18.2 Å². The Bertz CT molecular complexity index is 1160. The Morgan fingerprint density at radius 1 is 1.19 bits per heavy atom. The second-order valence-electron chi connectivity index (χ2n) is 5.78. The van der Waals surface area contributed by atoms with Crippen LogP contribution in [0.5, 0.6) is 0 Å². The van der Waals surface area contributed by atoms with Gasteiger partial charge in [0.15, 0.2) is 11.5 Å². The largest absolute Gasteiger partial charge is 0.414 e. The molecule has 1 unspecified atom stereocenters. The molecule has 0 saturated carbocycles. The van der Waals surface area contributed by atoms with Gasteiger partial charge in [-0.05, 0) is 30.0 Å². The number of anilines is 1. The van der Waals surface area contributed by atoms with Gasteiger partial charge in [0.05, 0.1) is 27.6 Å². The van der Waals surface area contributed by atoms with Crippen molar-refractivity contribution in [1.29, 1.82) is 0 Å². The first-order chi connectivity index (χ1) is 13.0. The molecule has 0 fully saturated rings. The van der Waals surface area contributed by atoms with E-state index in [0.29, 0.717) is 22.2 Å². The molecule has 2 N–H and O–H groups in total. The number of aryl methyl sites for hydroxylation is 1. The Labute approximate surface area is 164 Å². The minimum absolute atomic E-state index is 0. The summed E-state index contributed by atoms with van der Waals surface area (Å²) in [5, 5.41) is 10.2. The quantitative estimate of drug-likeness (QED) is 0.550. The van der Waals surface area contributed by atoms with Crippen molar-refractivity contribution in [3.05, 3.63) is 47.5 Å². The van der Waals surface area contributed by atoms with E-state index in [9.17, 15) is 4.21 Å². The minimum Gasteiger partial charge on any atom is -0.414 e. The van der Waals surface area contributed by atoms with Crippen LogP contribution in [0.15, 0.2) is 51.2 Å². The topological polar surface area (TPSA) is 108 Å². The molecule has 0 radical (unpaired) electrons. The lowest BCUT2D eigenvalue weighted by Gasteiger charge is -2.08. The van der Waals surface area contributed by atoms with E-state index in [1.165, 1.54) is 11.3 Å². The van der Waals surface area contributed by atoms with Crippen LogP contribution in [0.1, 0.15) is 8.42 Å². The van der Waals surface area contributed by atoms with Crippen molar-refractivity contribution in [2.75, 3.05) is 12.0 Å². The molecule has 3 aromatic heterocycles. The number of rotatable bonds is 4. The highest BCUT2D eigenvalue weighted by molar-refractivity contribution is 7.84. The van der Waals surface area contributed by atoms with Gasteiger partial charge in [0.25, 0.3) is 11.8 Å². The average Bonchev–Trinajstić information content (AvgIpc) is 3.31. The Kier molecular flexibility index (Phi) is 4.54. The first-order valence-corrected chi connectivity index (χ1v) is 10.4. The van der Waals surface area contributed by atoms with Crippen LogP contribution in [-0.2, 0) is 10.8 Å². The van der Waals surface area contributed by atoms with E-state index >= 15 is 0 Å². The van der Waals surface area contributed by atoms with E-state index in [4.69, 9.17) is 10.2 Å². The Morgan fingerprint density at radius 3 is 2.70 bits per heavy atom. The maximum atomic E-state index is 12.0. The number of hydrogen-bond donors (Lipinski definition) is 1. The fourth-order valence-electron chi connectivity index (χ4n) is 2.62. The van der Waals surface area contributed by atoms with Gasteiger partial charge >= 0.3 is 0 Å². The third-order valence-corrected chi connectivity index (χ3v) is 5.94. The van der Waals surface area contributed by atoms with Crippen LogP contribution in [0.25, 0.3) is 33.6 Å². The number of hydrogen-bond acceptors (Lipinski definition) is 8. The van der Waals surface area contributed by atoms with Gasteiger partial charge in [-0.3, -0.25) is 4.21 Å². The minimum atomic E-state index is -1.17. The maximum absolute atomic E-state index is 12.0. The van der Waals surface area contributed by atoms with Gasteiger partial charge in [0.1, 0.15) is 0 Å². The van der Waals surface area contributed by atoms with Gasteiger partial charge < -0.3 is 10.2 Å². The number of benzene rings is 1. The molecule has 0 spiro atoms. The normalized spacial score (nSPS) is 12.2. The number of nitrogens with two attached hydrogens (primary N) is 1. The van der Waals surface area contributed by atoms with Crippen LogP contribution in [-0.4, -0.2) is 30.6 Å². The van der Waals surface area contributed by atoms with Crippen LogP contribution in [0.2, 0.25) is 0 Å². The zero-order chi connectivity index (χ0) is 19.0. The smallest absolute Gasteiger partial charge is 0.270 e. The highest BCUT2D eigenvalue weighted by Gasteiger charge is 2.19. The number of nitrogen functional groups attached to an aromatic ring is 1. The van der Waals surface area contributed by atoms with Crippen molar-refractivity contribution in [3.8, 4) is 33.6 Å². The van der Waals surface area contributed by atoms with Crippen molar-refractivity contribution in [3.63, 3.8) is 0 Å². The number of aromatic nitrogens is 4. The lowest BCUT2D eigenvalue weighted by molar-refractivity contribution is 0.583. The fraction of sp³-hybridized carbons (Fsp3) is 0.111. The summed E-state index contributed by atoms with van der Waals surface area (Å²) in [5.74, 6) is 0.797. The summed E-state index contributed by atoms with van der Waals surface area (Å²) in [6.45, 7) is 1.98. The highest BCUT2D eigenvalue weighted by atomic mass is 32.2. The van der Waals surface area contributed by atoms with E-state index in [1.807, 2.05) is 36.6 Å². The molecule has 27 heavy (non-hydrogen) atoms. The zero-order valence-electron chi connectivity index (χ0n) is 14.5. The van der Waals surface area contributed by atoms with Crippen LogP contribution < -0.4 is 5.73 Å². The SMILES string of the molecule is Cc1ccsc1-c1nnc(-c2nc(-c3ccccc3S(C)=O)cnc2N)o1.[HH].[HH]. The summed E-state index contributed by atoms with van der Waals surface area (Å²) in [7, 11) is -1.17. The molecule has 0 saturated heterocycles. The fourth-order valence-corrected chi connectivity index (χ4v) is 4.22. The molecule has 4 rings (SSSR count). The summed E-state index contributed by atoms with van der Waals surface area (Å²) < 4.78 is 17.8. The standard InChI is InChI=1S/C18H15N5O2S2.2H2/c1-10-7-8-26-15(10)18-23-22-17(25-18)14-16(19)20-9-12(21-14)11-5-3-4-6-13(11)27(2)24;;/h3-9H,1-2H3,(H2,19,20);2*1H.